The Morgan fingerprint density at radius 2 is 1.88 bits per heavy atom. The van der Waals surface area contributed by atoms with Crippen molar-refractivity contribution in [2.45, 2.75) is 38.4 Å². The first-order chi connectivity index (χ1) is 12.0. The smallest absolute Gasteiger partial charge is 0.166 e. The Kier molecular flexibility index (Phi) is 5.45. The SMILES string of the molecule is CCc1ccc(-c2ccc(C3CCC(OC)CO3)c(F)c2)c(F)c1F. The van der Waals surface area contributed by atoms with E-state index in [1.807, 2.05) is 0 Å². The van der Waals surface area contributed by atoms with Crippen LogP contribution in [0.1, 0.15) is 37.0 Å². The first-order valence-electron chi connectivity index (χ1n) is 8.46. The number of rotatable bonds is 4. The molecule has 2 nitrogen and oxygen atoms in total. The van der Waals surface area contributed by atoms with Crippen molar-refractivity contribution >= 4 is 0 Å². The fraction of sp³-hybridized carbons (Fsp3) is 0.400. The molecule has 1 saturated heterocycles. The summed E-state index contributed by atoms with van der Waals surface area (Å²) in [7, 11) is 1.63. The highest BCUT2D eigenvalue weighted by molar-refractivity contribution is 5.65. The van der Waals surface area contributed by atoms with Gasteiger partial charge in [-0.2, -0.15) is 0 Å². The second-order valence-corrected chi connectivity index (χ2v) is 6.25. The van der Waals surface area contributed by atoms with Crippen LogP contribution in [-0.2, 0) is 15.9 Å². The molecule has 0 amide bonds. The molecule has 0 aliphatic carbocycles. The standard InChI is InChI=1S/C20H21F3O2/c1-3-12-4-7-15(20(23)19(12)22)13-5-8-16(17(21)10-13)18-9-6-14(24-2)11-25-18/h4-5,7-8,10,14,18H,3,6,9,11H2,1-2H3. The van der Waals surface area contributed by atoms with Gasteiger partial charge in [-0.05, 0) is 36.5 Å². The van der Waals surface area contributed by atoms with Crippen molar-refractivity contribution in [3.63, 3.8) is 0 Å². The molecule has 0 bridgehead atoms. The molecule has 3 rings (SSSR count). The van der Waals surface area contributed by atoms with E-state index in [4.69, 9.17) is 9.47 Å². The van der Waals surface area contributed by atoms with Gasteiger partial charge in [0.15, 0.2) is 11.6 Å². The maximum Gasteiger partial charge on any atom is 0.166 e. The molecule has 1 fully saturated rings. The Bertz CT molecular complexity index is 753. The zero-order chi connectivity index (χ0) is 18.0. The van der Waals surface area contributed by atoms with Crippen molar-refractivity contribution in [3.8, 4) is 11.1 Å². The van der Waals surface area contributed by atoms with Crippen LogP contribution in [0, 0.1) is 17.5 Å². The Morgan fingerprint density at radius 3 is 2.48 bits per heavy atom. The van der Waals surface area contributed by atoms with Crippen molar-refractivity contribution in [1.29, 1.82) is 0 Å². The monoisotopic (exact) mass is 350 g/mol. The molecule has 1 heterocycles. The maximum atomic E-state index is 14.5. The lowest BCUT2D eigenvalue weighted by molar-refractivity contribution is -0.0735. The van der Waals surface area contributed by atoms with Crippen LogP contribution >= 0.6 is 0 Å². The Morgan fingerprint density at radius 1 is 1.08 bits per heavy atom. The molecular weight excluding hydrogens is 329 g/mol. The third-order valence-corrected chi connectivity index (χ3v) is 4.77. The summed E-state index contributed by atoms with van der Waals surface area (Å²) in [5.74, 6) is -2.29. The molecule has 0 spiro atoms. The second kappa shape index (κ2) is 7.58. The van der Waals surface area contributed by atoms with Gasteiger partial charge in [0.05, 0.1) is 18.8 Å². The van der Waals surface area contributed by atoms with Gasteiger partial charge in [-0.3, -0.25) is 0 Å². The third kappa shape index (κ3) is 3.58. The number of hydrogen-bond acceptors (Lipinski definition) is 2. The predicted octanol–water partition coefficient (Wildman–Crippen LogP) is 5.20. The van der Waals surface area contributed by atoms with Gasteiger partial charge in [0.2, 0.25) is 0 Å². The van der Waals surface area contributed by atoms with Gasteiger partial charge in [-0.15, -0.1) is 0 Å². The highest BCUT2D eigenvalue weighted by Crippen LogP contribution is 2.34. The molecule has 2 aromatic rings. The van der Waals surface area contributed by atoms with E-state index in [0.29, 0.717) is 36.1 Å². The largest absolute Gasteiger partial charge is 0.379 e. The van der Waals surface area contributed by atoms with E-state index in [1.165, 1.54) is 18.2 Å². The summed E-state index contributed by atoms with van der Waals surface area (Å²) in [4.78, 5) is 0. The van der Waals surface area contributed by atoms with Gasteiger partial charge in [0, 0.05) is 18.2 Å². The summed E-state index contributed by atoms with van der Waals surface area (Å²) in [5.41, 5.74) is 1.11. The van der Waals surface area contributed by atoms with Gasteiger partial charge in [0.1, 0.15) is 5.82 Å². The molecule has 1 aliphatic heterocycles. The van der Waals surface area contributed by atoms with Crippen molar-refractivity contribution in [2.24, 2.45) is 0 Å². The fourth-order valence-corrected chi connectivity index (χ4v) is 3.20. The lowest BCUT2D eigenvalue weighted by atomic mass is 9.96. The molecule has 2 aromatic carbocycles. The zero-order valence-electron chi connectivity index (χ0n) is 14.3. The second-order valence-electron chi connectivity index (χ2n) is 6.25. The molecule has 134 valence electrons. The summed E-state index contributed by atoms with van der Waals surface area (Å²) in [6.45, 7) is 2.17. The molecule has 5 heteroatoms. The van der Waals surface area contributed by atoms with Crippen LogP contribution in [0.15, 0.2) is 30.3 Å². The van der Waals surface area contributed by atoms with Crippen LogP contribution in [-0.4, -0.2) is 19.8 Å². The van der Waals surface area contributed by atoms with Gasteiger partial charge < -0.3 is 9.47 Å². The molecule has 0 saturated carbocycles. The van der Waals surface area contributed by atoms with E-state index in [2.05, 4.69) is 0 Å². The maximum absolute atomic E-state index is 14.5. The summed E-state index contributed by atoms with van der Waals surface area (Å²) in [6.07, 6.45) is 1.54. The van der Waals surface area contributed by atoms with E-state index < -0.39 is 17.5 Å². The van der Waals surface area contributed by atoms with Crippen LogP contribution in [0.3, 0.4) is 0 Å². The molecule has 0 radical (unpaired) electrons. The average molecular weight is 350 g/mol. The van der Waals surface area contributed by atoms with E-state index in [0.717, 1.165) is 6.42 Å². The Hall–Kier alpha value is -1.85. The minimum atomic E-state index is -0.941. The zero-order valence-corrected chi connectivity index (χ0v) is 14.3. The lowest BCUT2D eigenvalue weighted by Crippen LogP contribution is -2.26. The Labute approximate surface area is 145 Å². The van der Waals surface area contributed by atoms with Crippen LogP contribution in [0.2, 0.25) is 0 Å². The average Bonchev–Trinajstić information content (AvgIpc) is 2.64. The summed E-state index contributed by atoms with van der Waals surface area (Å²) in [5, 5.41) is 0. The van der Waals surface area contributed by atoms with Gasteiger partial charge in [0.25, 0.3) is 0 Å². The number of benzene rings is 2. The molecule has 2 atom stereocenters. The van der Waals surface area contributed by atoms with Crippen LogP contribution in [0.25, 0.3) is 11.1 Å². The van der Waals surface area contributed by atoms with E-state index in [1.54, 1.807) is 26.2 Å². The van der Waals surface area contributed by atoms with Gasteiger partial charge in [-0.1, -0.05) is 31.2 Å². The predicted molar refractivity (Wildman–Crippen MR) is 89.9 cm³/mol. The van der Waals surface area contributed by atoms with E-state index >= 15 is 0 Å². The number of methoxy groups -OCH3 is 1. The highest BCUT2D eigenvalue weighted by atomic mass is 19.2. The van der Waals surface area contributed by atoms with E-state index in [-0.39, 0.29) is 17.8 Å². The first-order valence-corrected chi connectivity index (χ1v) is 8.46. The van der Waals surface area contributed by atoms with E-state index in [9.17, 15) is 13.2 Å². The molecular formula is C20H21F3O2. The number of aryl methyl sites for hydroxylation is 1. The molecule has 0 aromatic heterocycles. The number of hydrogen-bond donors (Lipinski definition) is 0. The Balaban J connectivity index is 1.87. The topological polar surface area (TPSA) is 18.5 Å². The van der Waals surface area contributed by atoms with Crippen LogP contribution < -0.4 is 0 Å². The fourth-order valence-electron chi connectivity index (χ4n) is 3.20. The molecule has 2 unspecified atom stereocenters. The normalized spacial score (nSPS) is 20.7. The molecule has 0 N–H and O–H groups in total. The van der Waals surface area contributed by atoms with Crippen molar-refractivity contribution in [1.82, 2.24) is 0 Å². The van der Waals surface area contributed by atoms with Crippen LogP contribution in [0.4, 0.5) is 13.2 Å². The lowest BCUT2D eigenvalue weighted by Gasteiger charge is -2.28. The van der Waals surface area contributed by atoms with Crippen molar-refractivity contribution in [3.05, 3.63) is 58.9 Å². The van der Waals surface area contributed by atoms with Gasteiger partial charge in [-0.25, -0.2) is 13.2 Å². The van der Waals surface area contributed by atoms with Crippen molar-refractivity contribution < 1.29 is 22.6 Å². The number of halogens is 3. The van der Waals surface area contributed by atoms with Crippen LogP contribution in [0.5, 0.6) is 0 Å². The first kappa shape index (κ1) is 18.0. The number of ether oxygens (including phenoxy) is 2. The summed E-state index contributed by atoms with van der Waals surface area (Å²) < 4.78 is 53.7. The summed E-state index contributed by atoms with van der Waals surface area (Å²) >= 11 is 0. The third-order valence-electron chi connectivity index (χ3n) is 4.77. The van der Waals surface area contributed by atoms with Crippen molar-refractivity contribution in [2.75, 3.05) is 13.7 Å². The minimum Gasteiger partial charge on any atom is -0.379 e. The highest BCUT2D eigenvalue weighted by Gasteiger charge is 2.25. The molecule has 1 aliphatic rings. The molecule has 25 heavy (non-hydrogen) atoms. The quantitative estimate of drug-likeness (QED) is 0.754. The van der Waals surface area contributed by atoms with Gasteiger partial charge >= 0.3 is 0 Å². The minimum absolute atomic E-state index is 0.0349. The summed E-state index contributed by atoms with van der Waals surface area (Å²) in [6, 6.07) is 7.46.